The first-order valence-electron chi connectivity index (χ1n) is 4.54. The lowest BCUT2D eigenvalue weighted by atomic mass is 10.3. The zero-order valence-corrected chi connectivity index (χ0v) is 8.37. The van der Waals surface area contributed by atoms with Gasteiger partial charge >= 0.3 is 6.01 Å². The molecule has 1 aliphatic rings. The highest BCUT2D eigenvalue weighted by molar-refractivity contribution is 6.28. The monoisotopic (exact) mass is 214 g/mol. The number of nitrogen functional groups attached to an aromatic ring is 1. The number of anilines is 1. The third-order valence-corrected chi connectivity index (χ3v) is 2.23. The van der Waals surface area contributed by atoms with Gasteiger partial charge in [0.05, 0.1) is 6.61 Å². The van der Waals surface area contributed by atoms with Crippen molar-refractivity contribution in [3.05, 3.63) is 5.28 Å². The molecule has 1 aromatic heterocycles. The van der Waals surface area contributed by atoms with E-state index in [-0.39, 0.29) is 17.2 Å². The van der Waals surface area contributed by atoms with Crippen LogP contribution < -0.4 is 10.5 Å². The first-order valence-corrected chi connectivity index (χ1v) is 4.91. The van der Waals surface area contributed by atoms with Crippen LogP contribution in [-0.4, -0.2) is 21.6 Å². The molecule has 1 heterocycles. The van der Waals surface area contributed by atoms with E-state index >= 15 is 0 Å². The zero-order chi connectivity index (χ0) is 9.97. The van der Waals surface area contributed by atoms with Crippen molar-refractivity contribution >= 4 is 17.5 Å². The first-order chi connectivity index (χ1) is 6.74. The maximum absolute atomic E-state index is 5.58. The van der Waals surface area contributed by atoms with Crippen molar-refractivity contribution in [3.8, 4) is 6.01 Å². The zero-order valence-electron chi connectivity index (χ0n) is 7.61. The summed E-state index contributed by atoms with van der Waals surface area (Å²) < 4.78 is 5.29. The van der Waals surface area contributed by atoms with E-state index in [1.54, 1.807) is 0 Å². The van der Waals surface area contributed by atoms with Crippen LogP contribution in [0.2, 0.25) is 5.28 Å². The van der Waals surface area contributed by atoms with Crippen LogP contribution in [0.15, 0.2) is 0 Å². The molecule has 0 bridgehead atoms. The molecule has 0 atom stereocenters. The van der Waals surface area contributed by atoms with E-state index < -0.39 is 0 Å². The Morgan fingerprint density at radius 2 is 2.14 bits per heavy atom. The number of hydrogen-bond donors (Lipinski definition) is 1. The average Bonchev–Trinajstić information content (AvgIpc) is 2.86. The molecule has 0 unspecified atom stereocenters. The van der Waals surface area contributed by atoms with E-state index in [0.29, 0.717) is 6.61 Å². The maximum atomic E-state index is 5.58. The third-order valence-electron chi connectivity index (χ3n) is 2.06. The fourth-order valence-corrected chi connectivity index (χ4v) is 1.29. The summed E-state index contributed by atoms with van der Waals surface area (Å²) in [6.07, 6.45) is 3.66. The molecule has 0 aromatic carbocycles. The molecule has 1 saturated carbocycles. The van der Waals surface area contributed by atoms with E-state index in [1.807, 2.05) is 0 Å². The Hall–Kier alpha value is -1.10. The van der Waals surface area contributed by atoms with E-state index in [2.05, 4.69) is 15.0 Å². The van der Waals surface area contributed by atoms with Crippen LogP contribution in [0.25, 0.3) is 0 Å². The van der Waals surface area contributed by atoms with Gasteiger partial charge in [-0.3, -0.25) is 0 Å². The lowest BCUT2D eigenvalue weighted by Crippen LogP contribution is -2.05. The highest BCUT2D eigenvalue weighted by atomic mass is 35.5. The van der Waals surface area contributed by atoms with Crippen molar-refractivity contribution in [2.45, 2.75) is 19.3 Å². The van der Waals surface area contributed by atoms with Crippen molar-refractivity contribution in [1.29, 1.82) is 0 Å². The average molecular weight is 215 g/mol. The normalized spacial score (nSPS) is 15.5. The van der Waals surface area contributed by atoms with Gasteiger partial charge in [0.1, 0.15) is 0 Å². The summed E-state index contributed by atoms with van der Waals surface area (Å²) in [4.78, 5) is 11.2. The predicted octanol–water partition coefficient (Wildman–Crippen LogP) is 1.29. The molecular weight excluding hydrogens is 204 g/mol. The lowest BCUT2D eigenvalue weighted by Gasteiger charge is -2.03. The summed E-state index contributed by atoms with van der Waals surface area (Å²) in [7, 11) is 0. The van der Waals surface area contributed by atoms with Crippen LogP contribution in [-0.2, 0) is 0 Å². The van der Waals surface area contributed by atoms with Crippen LogP contribution in [0.3, 0.4) is 0 Å². The quantitative estimate of drug-likeness (QED) is 0.818. The van der Waals surface area contributed by atoms with Crippen LogP contribution in [0.5, 0.6) is 6.01 Å². The molecule has 1 fully saturated rings. The Morgan fingerprint density at radius 1 is 1.36 bits per heavy atom. The Kier molecular flexibility index (Phi) is 2.67. The highest BCUT2D eigenvalue weighted by Gasteiger charge is 2.20. The van der Waals surface area contributed by atoms with E-state index in [9.17, 15) is 0 Å². The second-order valence-corrected chi connectivity index (χ2v) is 3.66. The molecule has 0 amide bonds. The van der Waals surface area contributed by atoms with Crippen molar-refractivity contribution in [2.24, 2.45) is 5.92 Å². The molecule has 0 aliphatic heterocycles. The topological polar surface area (TPSA) is 73.9 Å². The summed E-state index contributed by atoms with van der Waals surface area (Å²) in [6, 6.07) is 0.211. The SMILES string of the molecule is Nc1nc(Cl)nc(OCCC2CC2)n1. The molecule has 1 aliphatic carbocycles. The Balaban J connectivity index is 1.87. The minimum absolute atomic E-state index is 0.0684. The summed E-state index contributed by atoms with van der Waals surface area (Å²) in [6.45, 7) is 0.616. The molecule has 76 valence electrons. The van der Waals surface area contributed by atoms with Gasteiger partial charge in [0.25, 0.3) is 0 Å². The Bertz CT molecular complexity index is 309. The summed E-state index contributed by atoms with van der Waals surface area (Å²) in [5, 5.41) is 0.0684. The van der Waals surface area contributed by atoms with Gasteiger partial charge in [-0.2, -0.15) is 15.0 Å². The second kappa shape index (κ2) is 3.96. The van der Waals surface area contributed by atoms with Crippen molar-refractivity contribution in [1.82, 2.24) is 15.0 Å². The molecule has 0 radical (unpaired) electrons. The number of halogens is 1. The molecule has 5 nitrogen and oxygen atoms in total. The van der Waals surface area contributed by atoms with Gasteiger partial charge in [-0.05, 0) is 23.9 Å². The number of nitrogens with two attached hydrogens (primary N) is 1. The predicted molar refractivity (Wildman–Crippen MR) is 52.1 cm³/mol. The minimum atomic E-state index is 0.0684. The third kappa shape index (κ3) is 2.70. The summed E-state index contributed by atoms with van der Waals surface area (Å²) >= 11 is 5.58. The van der Waals surface area contributed by atoms with Gasteiger partial charge in [-0.25, -0.2) is 0 Å². The van der Waals surface area contributed by atoms with Crippen LogP contribution in [0, 0.1) is 5.92 Å². The van der Waals surface area contributed by atoms with Crippen LogP contribution >= 0.6 is 11.6 Å². The summed E-state index contributed by atoms with van der Waals surface area (Å²) in [5.41, 5.74) is 5.38. The van der Waals surface area contributed by atoms with Crippen molar-refractivity contribution in [2.75, 3.05) is 12.3 Å². The van der Waals surface area contributed by atoms with Gasteiger partial charge in [-0.15, -0.1) is 0 Å². The van der Waals surface area contributed by atoms with Gasteiger partial charge in [-0.1, -0.05) is 12.8 Å². The number of ether oxygens (including phenoxy) is 1. The Labute approximate surface area is 86.7 Å². The molecule has 1 aromatic rings. The van der Waals surface area contributed by atoms with E-state index in [4.69, 9.17) is 22.1 Å². The molecular formula is C8H11ClN4O. The van der Waals surface area contributed by atoms with E-state index in [0.717, 1.165) is 12.3 Å². The fourth-order valence-electron chi connectivity index (χ4n) is 1.13. The van der Waals surface area contributed by atoms with E-state index in [1.165, 1.54) is 12.8 Å². The molecule has 6 heteroatoms. The van der Waals surface area contributed by atoms with Crippen molar-refractivity contribution in [3.63, 3.8) is 0 Å². The van der Waals surface area contributed by atoms with Gasteiger partial charge < -0.3 is 10.5 Å². The molecule has 14 heavy (non-hydrogen) atoms. The van der Waals surface area contributed by atoms with Gasteiger partial charge in [0, 0.05) is 0 Å². The summed E-state index contributed by atoms with van der Waals surface area (Å²) in [5.74, 6) is 0.913. The standard InChI is InChI=1S/C8H11ClN4O/c9-6-11-7(10)13-8(12-6)14-4-3-5-1-2-5/h5H,1-4H2,(H2,10,11,12,13). The number of nitrogens with zero attached hydrogens (tertiary/aromatic N) is 3. The van der Waals surface area contributed by atoms with Gasteiger partial charge in [0.2, 0.25) is 11.2 Å². The molecule has 0 spiro atoms. The molecule has 0 saturated heterocycles. The largest absolute Gasteiger partial charge is 0.463 e. The number of hydrogen-bond acceptors (Lipinski definition) is 5. The highest BCUT2D eigenvalue weighted by Crippen LogP contribution is 2.32. The second-order valence-electron chi connectivity index (χ2n) is 3.33. The maximum Gasteiger partial charge on any atom is 0.322 e. The molecule has 2 N–H and O–H groups in total. The molecule has 2 rings (SSSR count). The number of aromatic nitrogens is 3. The van der Waals surface area contributed by atoms with Crippen LogP contribution in [0.4, 0.5) is 5.95 Å². The van der Waals surface area contributed by atoms with Crippen molar-refractivity contribution < 1.29 is 4.74 Å². The van der Waals surface area contributed by atoms with Gasteiger partial charge in [0.15, 0.2) is 0 Å². The van der Waals surface area contributed by atoms with Crippen LogP contribution in [0.1, 0.15) is 19.3 Å². The first kappa shape index (κ1) is 9.45. The fraction of sp³-hybridized carbons (Fsp3) is 0.625. The smallest absolute Gasteiger partial charge is 0.322 e. The number of rotatable bonds is 4. The lowest BCUT2D eigenvalue weighted by molar-refractivity contribution is 0.279. The minimum Gasteiger partial charge on any atom is -0.463 e. The Morgan fingerprint density at radius 3 is 2.79 bits per heavy atom.